The van der Waals surface area contributed by atoms with E-state index < -0.39 is 10.1 Å². The highest BCUT2D eigenvalue weighted by molar-refractivity contribution is 7.87. The molecule has 1 N–H and O–H groups in total. The standard InChI is InChI=1S/C18H21NO4S/c1-5-17(20)19-15-8-10-16(11-9-15)24(21,22)23-18-13(3)7-6-12(2)14(18)4/h6-11H,5H2,1-4H3,(H,19,20). The van der Waals surface area contributed by atoms with Crippen molar-refractivity contribution in [2.45, 2.75) is 39.0 Å². The molecule has 2 aromatic carbocycles. The number of hydrogen-bond acceptors (Lipinski definition) is 4. The number of carbonyl (C=O) groups excluding carboxylic acids is 1. The Morgan fingerprint density at radius 1 is 1.00 bits per heavy atom. The third-order valence-corrected chi connectivity index (χ3v) is 5.05. The first-order valence-electron chi connectivity index (χ1n) is 7.66. The molecule has 0 atom stereocenters. The number of nitrogens with one attached hydrogen (secondary N) is 1. The highest BCUT2D eigenvalue weighted by atomic mass is 32.2. The Hall–Kier alpha value is -2.34. The fraction of sp³-hybridized carbons (Fsp3) is 0.278. The van der Waals surface area contributed by atoms with Crippen molar-refractivity contribution in [3.05, 3.63) is 53.1 Å². The van der Waals surface area contributed by atoms with Gasteiger partial charge in [0.25, 0.3) is 0 Å². The molecule has 24 heavy (non-hydrogen) atoms. The van der Waals surface area contributed by atoms with Crippen LogP contribution in [0.2, 0.25) is 0 Å². The van der Waals surface area contributed by atoms with Gasteiger partial charge in [-0.25, -0.2) is 0 Å². The summed E-state index contributed by atoms with van der Waals surface area (Å²) in [6.45, 7) is 7.28. The number of aryl methyl sites for hydroxylation is 2. The van der Waals surface area contributed by atoms with Gasteiger partial charge in [0.15, 0.2) is 0 Å². The lowest BCUT2D eigenvalue weighted by Crippen LogP contribution is -2.13. The lowest BCUT2D eigenvalue weighted by molar-refractivity contribution is -0.115. The van der Waals surface area contributed by atoms with Gasteiger partial charge in [-0.3, -0.25) is 4.79 Å². The van der Waals surface area contributed by atoms with E-state index in [0.29, 0.717) is 17.9 Å². The first-order chi connectivity index (χ1) is 11.2. The van der Waals surface area contributed by atoms with Crippen LogP contribution >= 0.6 is 0 Å². The summed E-state index contributed by atoms with van der Waals surface area (Å²) >= 11 is 0. The Bertz CT molecular complexity index is 855. The molecule has 0 radical (unpaired) electrons. The lowest BCUT2D eigenvalue weighted by Gasteiger charge is -2.14. The van der Waals surface area contributed by atoms with Crippen LogP contribution in [-0.2, 0) is 14.9 Å². The maximum Gasteiger partial charge on any atom is 0.339 e. The molecule has 0 heterocycles. The molecule has 2 rings (SSSR count). The van der Waals surface area contributed by atoms with Crippen LogP contribution in [0.15, 0.2) is 41.3 Å². The Morgan fingerprint density at radius 2 is 1.58 bits per heavy atom. The second kappa shape index (κ2) is 7.05. The zero-order valence-corrected chi connectivity index (χ0v) is 15.0. The van der Waals surface area contributed by atoms with Crippen molar-refractivity contribution < 1.29 is 17.4 Å². The van der Waals surface area contributed by atoms with Crippen molar-refractivity contribution in [1.82, 2.24) is 0 Å². The molecule has 6 heteroatoms. The number of rotatable bonds is 5. The smallest absolute Gasteiger partial charge is 0.339 e. The van der Waals surface area contributed by atoms with Gasteiger partial charge in [0.2, 0.25) is 5.91 Å². The van der Waals surface area contributed by atoms with Gasteiger partial charge < -0.3 is 9.50 Å². The summed E-state index contributed by atoms with van der Waals surface area (Å²) < 4.78 is 30.4. The molecular weight excluding hydrogens is 326 g/mol. The van der Waals surface area contributed by atoms with E-state index in [2.05, 4.69) is 5.32 Å². The second-order valence-electron chi connectivity index (χ2n) is 5.62. The number of benzene rings is 2. The van der Waals surface area contributed by atoms with E-state index >= 15 is 0 Å². The van der Waals surface area contributed by atoms with E-state index in [4.69, 9.17) is 4.18 Å². The van der Waals surface area contributed by atoms with Crippen LogP contribution in [-0.4, -0.2) is 14.3 Å². The molecule has 0 bridgehead atoms. The molecule has 1 amide bonds. The van der Waals surface area contributed by atoms with E-state index in [-0.39, 0.29) is 10.8 Å². The fourth-order valence-electron chi connectivity index (χ4n) is 2.17. The molecule has 5 nitrogen and oxygen atoms in total. The van der Waals surface area contributed by atoms with Crippen LogP contribution in [0.4, 0.5) is 5.69 Å². The van der Waals surface area contributed by atoms with E-state index in [1.165, 1.54) is 12.1 Å². The summed E-state index contributed by atoms with van der Waals surface area (Å²) in [5, 5.41) is 2.67. The van der Waals surface area contributed by atoms with Gasteiger partial charge in [-0.1, -0.05) is 19.1 Å². The van der Waals surface area contributed by atoms with Crippen molar-refractivity contribution in [3.63, 3.8) is 0 Å². The van der Waals surface area contributed by atoms with E-state index in [1.807, 2.05) is 26.0 Å². The molecule has 0 saturated heterocycles. The third-order valence-electron chi connectivity index (χ3n) is 3.81. The van der Waals surface area contributed by atoms with Gasteiger partial charge >= 0.3 is 10.1 Å². The molecule has 0 unspecified atom stereocenters. The summed E-state index contributed by atoms with van der Waals surface area (Å²) in [6.07, 6.45) is 0.356. The highest BCUT2D eigenvalue weighted by Gasteiger charge is 2.19. The molecular formula is C18H21NO4S. The monoisotopic (exact) mass is 347 g/mol. The molecule has 0 aliphatic carbocycles. The summed E-state index contributed by atoms with van der Waals surface area (Å²) in [5.74, 6) is 0.228. The topological polar surface area (TPSA) is 72.5 Å². The van der Waals surface area contributed by atoms with Gasteiger partial charge in [0, 0.05) is 12.1 Å². The number of anilines is 1. The van der Waals surface area contributed by atoms with Crippen LogP contribution < -0.4 is 9.50 Å². The van der Waals surface area contributed by atoms with Gasteiger partial charge in [0.05, 0.1) is 0 Å². The van der Waals surface area contributed by atoms with E-state index in [0.717, 1.165) is 16.7 Å². The SMILES string of the molecule is CCC(=O)Nc1ccc(S(=O)(=O)Oc2c(C)ccc(C)c2C)cc1. The van der Waals surface area contributed by atoms with Gasteiger partial charge in [0.1, 0.15) is 10.6 Å². The van der Waals surface area contributed by atoms with Crippen LogP contribution in [0.5, 0.6) is 5.75 Å². The van der Waals surface area contributed by atoms with Crippen LogP contribution in [0.25, 0.3) is 0 Å². The van der Waals surface area contributed by atoms with Gasteiger partial charge in [-0.2, -0.15) is 8.42 Å². The largest absolute Gasteiger partial charge is 0.378 e. The van der Waals surface area contributed by atoms with Crippen molar-refractivity contribution in [2.24, 2.45) is 0 Å². The zero-order chi connectivity index (χ0) is 17.9. The predicted molar refractivity (Wildman–Crippen MR) is 93.8 cm³/mol. The second-order valence-corrected chi connectivity index (χ2v) is 7.16. The zero-order valence-electron chi connectivity index (χ0n) is 14.2. The minimum absolute atomic E-state index is 0.0392. The number of hydrogen-bond donors (Lipinski definition) is 1. The Balaban J connectivity index is 2.28. The Kier molecular flexibility index (Phi) is 5.29. The average Bonchev–Trinajstić information content (AvgIpc) is 2.55. The number of amides is 1. The van der Waals surface area contributed by atoms with Gasteiger partial charge in [-0.05, 0) is 61.7 Å². The first kappa shape index (κ1) is 18.0. The Morgan fingerprint density at radius 3 is 2.17 bits per heavy atom. The highest BCUT2D eigenvalue weighted by Crippen LogP contribution is 2.29. The van der Waals surface area contributed by atoms with Crippen molar-refractivity contribution >= 4 is 21.7 Å². The molecule has 0 spiro atoms. The minimum atomic E-state index is -3.94. The molecule has 0 saturated carbocycles. The summed E-state index contributed by atoms with van der Waals surface area (Å²) in [7, 11) is -3.94. The maximum absolute atomic E-state index is 12.5. The maximum atomic E-state index is 12.5. The van der Waals surface area contributed by atoms with Crippen molar-refractivity contribution in [3.8, 4) is 5.75 Å². The Labute approximate surface area is 142 Å². The van der Waals surface area contributed by atoms with E-state index in [1.54, 1.807) is 26.0 Å². The summed E-state index contributed by atoms with van der Waals surface area (Å²) in [4.78, 5) is 11.4. The van der Waals surface area contributed by atoms with Crippen LogP contribution in [0, 0.1) is 20.8 Å². The normalized spacial score (nSPS) is 11.2. The molecule has 2 aromatic rings. The molecule has 0 aliphatic rings. The molecule has 0 aliphatic heterocycles. The van der Waals surface area contributed by atoms with E-state index in [9.17, 15) is 13.2 Å². The fourth-order valence-corrected chi connectivity index (χ4v) is 3.21. The molecule has 0 fully saturated rings. The lowest BCUT2D eigenvalue weighted by atomic mass is 10.1. The molecule has 128 valence electrons. The van der Waals surface area contributed by atoms with Crippen molar-refractivity contribution in [2.75, 3.05) is 5.32 Å². The predicted octanol–water partition coefficient (Wildman–Crippen LogP) is 3.73. The van der Waals surface area contributed by atoms with Crippen LogP contribution in [0.3, 0.4) is 0 Å². The molecule has 0 aromatic heterocycles. The quantitative estimate of drug-likeness (QED) is 0.837. The van der Waals surface area contributed by atoms with Crippen LogP contribution in [0.1, 0.15) is 30.0 Å². The summed E-state index contributed by atoms with van der Waals surface area (Å²) in [6, 6.07) is 9.67. The van der Waals surface area contributed by atoms with Crippen molar-refractivity contribution in [1.29, 1.82) is 0 Å². The van der Waals surface area contributed by atoms with Gasteiger partial charge in [-0.15, -0.1) is 0 Å². The third kappa shape index (κ3) is 3.94. The average molecular weight is 347 g/mol. The minimum Gasteiger partial charge on any atom is -0.378 e. The summed E-state index contributed by atoms with van der Waals surface area (Å²) in [5.41, 5.74) is 3.06. The first-order valence-corrected chi connectivity index (χ1v) is 9.06. The number of carbonyl (C=O) groups is 1.